The van der Waals surface area contributed by atoms with Gasteiger partial charge in [0, 0.05) is 53.4 Å². The number of fused-ring (bicyclic) bond motifs is 2. The lowest BCUT2D eigenvalue weighted by molar-refractivity contribution is -0.0270. The third kappa shape index (κ3) is 6.53. The Labute approximate surface area is 287 Å². The molecule has 0 spiro atoms. The third-order valence-corrected chi connectivity index (χ3v) is 8.93. The Hall–Kier alpha value is -4.20. The van der Waals surface area contributed by atoms with Crippen LogP contribution < -0.4 is 0 Å². The summed E-state index contributed by atoms with van der Waals surface area (Å²) >= 11 is 1.38. The summed E-state index contributed by atoms with van der Waals surface area (Å²) in [6.45, 7) is -12.8. The Balaban J connectivity index is 1.12. The number of aliphatic imine (C=N–C) groups is 1. The summed E-state index contributed by atoms with van der Waals surface area (Å²) in [7, 11) is 0. The predicted molar refractivity (Wildman–Crippen MR) is 187 cm³/mol. The summed E-state index contributed by atoms with van der Waals surface area (Å²) < 4.78 is 85.6. The number of nitrogens with zero attached hydrogens (tertiary/aromatic N) is 3. The molecule has 1 saturated heterocycles. The minimum absolute atomic E-state index is 0.0463. The fraction of sp³-hybridized carbons (Fsp3) is 0.225. The molecule has 0 saturated carbocycles. The topological polar surface area (TPSA) is 37.3 Å². The average molecular weight is 634 g/mol. The lowest BCUT2D eigenvalue weighted by Crippen LogP contribution is -2.49. The molecule has 0 radical (unpaired) electrons. The van der Waals surface area contributed by atoms with Crippen LogP contribution in [0.5, 0.6) is 0 Å². The zero-order valence-corrected chi connectivity index (χ0v) is 26.0. The maximum atomic E-state index is 9.16. The van der Waals surface area contributed by atoms with E-state index in [1.807, 2.05) is 103 Å². The van der Waals surface area contributed by atoms with Gasteiger partial charge in [-0.3, -0.25) is 4.90 Å². The molecule has 2 heterocycles. The first-order valence-corrected chi connectivity index (χ1v) is 16.1. The van der Waals surface area contributed by atoms with Gasteiger partial charge in [0.05, 0.1) is 31.0 Å². The number of para-hydroxylation sites is 1. The van der Waals surface area contributed by atoms with E-state index >= 15 is 0 Å². The number of hydrogen-bond donors (Lipinski definition) is 0. The van der Waals surface area contributed by atoms with E-state index in [0.717, 1.165) is 21.6 Å². The average Bonchev–Trinajstić information content (AvgIpc) is 3.33. The van der Waals surface area contributed by atoms with Gasteiger partial charge in [0.25, 0.3) is 0 Å². The zero-order chi connectivity index (χ0) is 38.2. The largest absolute Gasteiger partial charge is 0.378 e. The van der Waals surface area contributed by atoms with Crippen LogP contribution in [0.15, 0.2) is 154 Å². The second kappa shape index (κ2) is 14.5. The molecule has 5 aromatic rings. The van der Waals surface area contributed by atoms with Crippen molar-refractivity contribution >= 4 is 23.3 Å². The molecular weight excluding hydrogens is 587 g/mol. The van der Waals surface area contributed by atoms with Crippen molar-refractivity contribution < 1.29 is 20.4 Å². The van der Waals surface area contributed by atoms with E-state index in [0.29, 0.717) is 25.9 Å². The van der Waals surface area contributed by atoms with Gasteiger partial charge in [-0.2, -0.15) is 0 Å². The quantitative estimate of drug-likeness (QED) is 0.116. The van der Waals surface area contributed by atoms with Gasteiger partial charge < -0.3 is 14.4 Å². The van der Waals surface area contributed by atoms with E-state index in [1.54, 1.807) is 36.4 Å². The summed E-state index contributed by atoms with van der Waals surface area (Å²) in [6, 6.07) is 43.7. The Morgan fingerprint density at radius 1 is 0.609 bits per heavy atom. The van der Waals surface area contributed by atoms with Gasteiger partial charge in [-0.05, 0) is 34.9 Å². The fourth-order valence-corrected chi connectivity index (χ4v) is 6.63. The maximum Gasteiger partial charge on any atom is 0.143 e. The van der Waals surface area contributed by atoms with E-state index in [1.165, 1.54) is 11.8 Å². The molecule has 5 nitrogen and oxygen atoms in total. The van der Waals surface area contributed by atoms with Gasteiger partial charge in [0.2, 0.25) is 0 Å². The van der Waals surface area contributed by atoms with E-state index < -0.39 is 38.1 Å². The number of ether oxygens (including phenoxy) is 2. The van der Waals surface area contributed by atoms with Crippen molar-refractivity contribution in [1.29, 1.82) is 0 Å². The van der Waals surface area contributed by atoms with Gasteiger partial charge in [-0.1, -0.05) is 133 Å². The molecule has 5 aromatic carbocycles. The smallest absolute Gasteiger partial charge is 0.143 e. The Morgan fingerprint density at radius 3 is 1.78 bits per heavy atom. The van der Waals surface area contributed by atoms with Crippen LogP contribution in [0.25, 0.3) is 0 Å². The monoisotopic (exact) mass is 633 g/mol. The molecule has 7 rings (SSSR count). The first-order chi connectivity index (χ1) is 25.8. The van der Waals surface area contributed by atoms with Crippen LogP contribution in [0.2, 0.25) is 0 Å². The van der Waals surface area contributed by atoms with E-state index in [-0.39, 0.29) is 25.7 Å². The first-order valence-electron chi connectivity index (χ1n) is 19.2. The Bertz CT molecular complexity index is 1980. The van der Waals surface area contributed by atoms with Gasteiger partial charge in [0.15, 0.2) is 0 Å². The molecule has 6 heteroatoms. The number of rotatable bonds is 10. The van der Waals surface area contributed by atoms with E-state index in [9.17, 15) is 0 Å². The number of hydrogen-bond acceptors (Lipinski definition) is 6. The molecule has 2 aliphatic heterocycles. The normalized spacial score (nSPS) is 22.0. The van der Waals surface area contributed by atoms with Crippen molar-refractivity contribution in [1.82, 2.24) is 9.80 Å². The van der Waals surface area contributed by atoms with Gasteiger partial charge in [-0.25, -0.2) is 4.99 Å². The summed E-state index contributed by atoms with van der Waals surface area (Å²) in [4.78, 5) is 7.22. The lowest BCUT2D eigenvalue weighted by atomic mass is 9.80. The number of piperazine rings is 1. The predicted octanol–water partition coefficient (Wildman–Crippen LogP) is 7.87. The van der Waals surface area contributed by atoms with Crippen molar-refractivity contribution in [3.63, 3.8) is 0 Å². The van der Waals surface area contributed by atoms with Crippen LogP contribution in [-0.4, -0.2) is 68.0 Å². The third-order valence-electron chi connectivity index (χ3n) is 7.79. The molecular formula is C40H39N3O2S. The van der Waals surface area contributed by atoms with Gasteiger partial charge >= 0.3 is 0 Å². The van der Waals surface area contributed by atoms with Crippen LogP contribution in [0.3, 0.4) is 0 Å². The fourth-order valence-electron chi connectivity index (χ4n) is 5.61. The van der Waals surface area contributed by atoms with Crippen molar-refractivity contribution in [3.8, 4) is 0 Å². The number of amidine groups is 1. The Morgan fingerprint density at radius 2 is 1.15 bits per heavy atom. The lowest BCUT2D eigenvalue weighted by Gasteiger charge is -2.37. The van der Waals surface area contributed by atoms with Crippen molar-refractivity contribution in [3.05, 3.63) is 162 Å². The zero-order valence-electron chi connectivity index (χ0n) is 33.2. The van der Waals surface area contributed by atoms with Gasteiger partial charge in [0.1, 0.15) is 11.4 Å². The van der Waals surface area contributed by atoms with Crippen LogP contribution in [0, 0.1) is 0 Å². The molecule has 0 aromatic heterocycles. The van der Waals surface area contributed by atoms with Gasteiger partial charge in [-0.15, -0.1) is 0 Å². The van der Waals surface area contributed by atoms with E-state index in [4.69, 9.17) is 20.4 Å². The molecule has 0 aliphatic carbocycles. The standard InChI is InChI=1S/C40H39N3O2S/c1-4-14-32(15-5-1)40(33-16-6-2-7-17-33,34-18-8-3-9-19-34)45-31-30-44-29-28-42-24-26-43(27-25-42)39-35-20-10-12-22-37(35)46-38-23-13-11-21-36(38)41-39/h1-23H,24-31H2/i24D2,25D2,26D2,27D2. The van der Waals surface area contributed by atoms with Crippen molar-refractivity contribution in [2.24, 2.45) is 4.99 Å². The highest BCUT2D eigenvalue weighted by Crippen LogP contribution is 2.41. The minimum atomic E-state index is -3.10. The van der Waals surface area contributed by atoms with Crippen LogP contribution in [0.1, 0.15) is 33.2 Å². The highest BCUT2D eigenvalue weighted by Gasteiger charge is 2.37. The summed E-state index contributed by atoms with van der Waals surface area (Å²) in [5.74, 6) is -0.197. The van der Waals surface area contributed by atoms with E-state index in [2.05, 4.69) is 4.99 Å². The molecule has 2 aliphatic rings. The first kappa shape index (κ1) is 22.3. The SMILES string of the molecule is [2H]C1([2H])N(CCOCCOC(c2ccccc2)(c2ccccc2)c2ccccc2)C([2H])([2H])C([2H])([2H])N(C2=Nc3ccccc3Sc3ccccc32)C1([2H])[2H]. The highest BCUT2D eigenvalue weighted by atomic mass is 32.2. The highest BCUT2D eigenvalue weighted by molar-refractivity contribution is 7.99. The van der Waals surface area contributed by atoms with Crippen LogP contribution >= 0.6 is 11.8 Å². The second-order valence-corrected chi connectivity index (χ2v) is 11.8. The van der Waals surface area contributed by atoms with Crippen LogP contribution in [0.4, 0.5) is 5.69 Å². The molecule has 1 fully saturated rings. The number of benzene rings is 5. The molecule has 0 amide bonds. The Kier molecular flexibility index (Phi) is 7.04. The molecule has 0 unspecified atom stereocenters. The summed E-state index contributed by atoms with van der Waals surface area (Å²) in [6.07, 6.45) is 0. The molecule has 0 N–H and O–H groups in total. The van der Waals surface area contributed by atoms with Crippen molar-refractivity contribution in [2.75, 3.05) is 52.4 Å². The minimum Gasteiger partial charge on any atom is -0.378 e. The summed E-state index contributed by atoms with van der Waals surface area (Å²) in [5, 5.41) is 0. The molecule has 232 valence electrons. The molecule has 0 bridgehead atoms. The maximum absolute atomic E-state index is 9.16. The summed E-state index contributed by atoms with van der Waals surface area (Å²) in [5.41, 5.74) is 2.56. The van der Waals surface area contributed by atoms with Crippen LogP contribution in [-0.2, 0) is 15.1 Å². The molecule has 46 heavy (non-hydrogen) atoms. The molecule has 0 atom stereocenters. The van der Waals surface area contributed by atoms with Crippen molar-refractivity contribution in [2.45, 2.75) is 15.4 Å². The second-order valence-electron chi connectivity index (χ2n) is 10.7.